The minimum Gasteiger partial charge on any atom is -0.395 e. The molecule has 1 atom stereocenters. The Balaban J connectivity index is 2.72. The molecule has 84 valence electrons. The lowest BCUT2D eigenvalue weighted by Crippen LogP contribution is -2.47. The van der Waals surface area contributed by atoms with Gasteiger partial charge in [-0.15, -0.1) is 0 Å². The van der Waals surface area contributed by atoms with Gasteiger partial charge >= 0.3 is 0 Å². The molecule has 14 heavy (non-hydrogen) atoms. The van der Waals surface area contributed by atoms with Crippen LogP contribution in [0.1, 0.15) is 27.7 Å². The lowest BCUT2D eigenvalue weighted by atomic mass is 9.92. The standard InChI is InChI=1S/C11H24N2O/c1-9(2)13-8-11(3,4)7-12-5-10(13)6-14/h9-10,12,14H,5-8H2,1-4H3. The molecule has 1 fully saturated rings. The molecule has 0 aromatic rings. The third-order valence-electron chi connectivity index (χ3n) is 2.94. The predicted octanol–water partition coefficient (Wildman–Crippen LogP) is 0.687. The Labute approximate surface area is 87.5 Å². The Morgan fingerprint density at radius 3 is 2.64 bits per heavy atom. The van der Waals surface area contributed by atoms with E-state index in [4.69, 9.17) is 0 Å². The Morgan fingerprint density at radius 2 is 2.14 bits per heavy atom. The van der Waals surface area contributed by atoms with Gasteiger partial charge in [0.05, 0.1) is 6.61 Å². The van der Waals surface area contributed by atoms with Gasteiger partial charge in [-0.2, -0.15) is 0 Å². The maximum absolute atomic E-state index is 9.32. The maximum atomic E-state index is 9.32. The van der Waals surface area contributed by atoms with Crippen molar-refractivity contribution in [2.45, 2.75) is 39.8 Å². The first-order chi connectivity index (χ1) is 6.46. The topological polar surface area (TPSA) is 35.5 Å². The van der Waals surface area contributed by atoms with Crippen molar-refractivity contribution >= 4 is 0 Å². The van der Waals surface area contributed by atoms with Crippen molar-refractivity contribution in [1.82, 2.24) is 10.2 Å². The summed E-state index contributed by atoms with van der Waals surface area (Å²) in [5, 5.41) is 12.7. The second-order valence-corrected chi connectivity index (χ2v) is 5.40. The van der Waals surface area contributed by atoms with Crippen molar-refractivity contribution in [3.8, 4) is 0 Å². The van der Waals surface area contributed by atoms with Gasteiger partial charge in [-0.25, -0.2) is 0 Å². The van der Waals surface area contributed by atoms with Crippen molar-refractivity contribution in [1.29, 1.82) is 0 Å². The molecule has 1 saturated heterocycles. The van der Waals surface area contributed by atoms with Crippen LogP contribution in [0.15, 0.2) is 0 Å². The molecule has 0 aliphatic carbocycles. The number of hydrogen-bond donors (Lipinski definition) is 2. The van der Waals surface area contributed by atoms with E-state index in [9.17, 15) is 5.11 Å². The summed E-state index contributed by atoms with van der Waals surface area (Å²) in [6.07, 6.45) is 0. The number of rotatable bonds is 2. The number of nitrogens with one attached hydrogen (secondary N) is 1. The zero-order chi connectivity index (χ0) is 10.8. The fraction of sp³-hybridized carbons (Fsp3) is 1.00. The van der Waals surface area contributed by atoms with Gasteiger partial charge in [0.25, 0.3) is 0 Å². The van der Waals surface area contributed by atoms with Crippen LogP contribution in [0.2, 0.25) is 0 Å². The van der Waals surface area contributed by atoms with Crippen LogP contribution < -0.4 is 5.32 Å². The van der Waals surface area contributed by atoms with Gasteiger partial charge in [0, 0.05) is 31.7 Å². The second kappa shape index (κ2) is 4.60. The van der Waals surface area contributed by atoms with E-state index in [2.05, 4.69) is 37.9 Å². The monoisotopic (exact) mass is 200 g/mol. The van der Waals surface area contributed by atoms with Crippen LogP contribution in [-0.4, -0.2) is 48.3 Å². The van der Waals surface area contributed by atoms with Crippen LogP contribution in [0.5, 0.6) is 0 Å². The SMILES string of the molecule is CC(C)N1CC(C)(C)CNCC1CO. The Bertz CT molecular complexity index is 180. The van der Waals surface area contributed by atoms with Gasteiger partial charge in [-0.3, -0.25) is 4.90 Å². The average molecular weight is 200 g/mol. The molecule has 0 amide bonds. The molecule has 0 bridgehead atoms. The number of aliphatic hydroxyl groups is 1. The first kappa shape index (κ1) is 12.0. The number of hydrogen-bond acceptors (Lipinski definition) is 3. The Hall–Kier alpha value is -0.120. The molecule has 0 radical (unpaired) electrons. The minimum absolute atomic E-state index is 0.251. The number of aliphatic hydroxyl groups excluding tert-OH is 1. The predicted molar refractivity (Wildman–Crippen MR) is 59.4 cm³/mol. The highest BCUT2D eigenvalue weighted by Gasteiger charge is 2.31. The van der Waals surface area contributed by atoms with Crippen molar-refractivity contribution in [3.05, 3.63) is 0 Å². The summed E-state index contributed by atoms with van der Waals surface area (Å²) in [5.41, 5.74) is 0.300. The molecule has 3 heteroatoms. The van der Waals surface area contributed by atoms with Gasteiger partial charge in [-0.05, 0) is 19.3 Å². The van der Waals surface area contributed by atoms with Crippen LogP contribution >= 0.6 is 0 Å². The van der Waals surface area contributed by atoms with E-state index in [1.807, 2.05) is 0 Å². The summed E-state index contributed by atoms with van der Waals surface area (Å²) in [5.74, 6) is 0. The van der Waals surface area contributed by atoms with Crippen LogP contribution in [0.3, 0.4) is 0 Å². The average Bonchev–Trinajstić information content (AvgIpc) is 2.23. The molecule has 0 aromatic carbocycles. The van der Waals surface area contributed by atoms with E-state index >= 15 is 0 Å². The zero-order valence-corrected chi connectivity index (χ0v) is 9.88. The first-order valence-corrected chi connectivity index (χ1v) is 5.53. The van der Waals surface area contributed by atoms with Crippen LogP contribution in [0.4, 0.5) is 0 Å². The van der Waals surface area contributed by atoms with E-state index in [0.29, 0.717) is 11.5 Å². The quantitative estimate of drug-likeness (QED) is 0.688. The van der Waals surface area contributed by atoms with E-state index in [1.54, 1.807) is 0 Å². The molecule has 0 aromatic heterocycles. The summed E-state index contributed by atoms with van der Waals surface area (Å²) in [6.45, 7) is 12.2. The van der Waals surface area contributed by atoms with Crippen molar-refractivity contribution in [2.75, 3.05) is 26.2 Å². The highest BCUT2D eigenvalue weighted by molar-refractivity contribution is 4.87. The molecule has 1 aliphatic rings. The van der Waals surface area contributed by atoms with Crippen molar-refractivity contribution in [3.63, 3.8) is 0 Å². The van der Waals surface area contributed by atoms with Crippen molar-refractivity contribution < 1.29 is 5.11 Å². The molecule has 1 rings (SSSR count). The zero-order valence-electron chi connectivity index (χ0n) is 9.88. The van der Waals surface area contributed by atoms with Gasteiger partial charge in [0.15, 0.2) is 0 Å². The third-order valence-corrected chi connectivity index (χ3v) is 2.94. The van der Waals surface area contributed by atoms with E-state index in [0.717, 1.165) is 19.6 Å². The Kier molecular flexibility index (Phi) is 3.93. The van der Waals surface area contributed by atoms with Crippen molar-refractivity contribution in [2.24, 2.45) is 5.41 Å². The highest BCUT2D eigenvalue weighted by Crippen LogP contribution is 2.21. The summed E-state index contributed by atoms with van der Waals surface area (Å²) >= 11 is 0. The lowest BCUT2D eigenvalue weighted by molar-refractivity contribution is 0.0803. The van der Waals surface area contributed by atoms with Crippen LogP contribution in [-0.2, 0) is 0 Å². The molecule has 1 unspecified atom stereocenters. The van der Waals surface area contributed by atoms with Crippen LogP contribution in [0, 0.1) is 5.41 Å². The summed E-state index contributed by atoms with van der Waals surface area (Å²) < 4.78 is 0. The van der Waals surface area contributed by atoms with E-state index < -0.39 is 0 Å². The number of nitrogens with zero attached hydrogens (tertiary/aromatic N) is 1. The third kappa shape index (κ3) is 2.94. The molecule has 0 saturated carbocycles. The normalized spacial score (nSPS) is 29.1. The Morgan fingerprint density at radius 1 is 1.50 bits per heavy atom. The summed E-state index contributed by atoms with van der Waals surface area (Å²) in [6, 6.07) is 0.781. The molecular formula is C11H24N2O. The van der Waals surface area contributed by atoms with Crippen LogP contribution in [0.25, 0.3) is 0 Å². The second-order valence-electron chi connectivity index (χ2n) is 5.40. The first-order valence-electron chi connectivity index (χ1n) is 5.53. The summed E-state index contributed by atoms with van der Waals surface area (Å²) in [4.78, 5) is 2.40. The van der Waals surface area contributed by atoms with Gasteiger partial charge < -0.3 is 10.4 Å². The fourth-order valence-corrected chi connectivity index (χ4v) is 2.15. The molecular weight excluding hydrogens is 176 g/mol. The fourth-order valence-electron chi connectivity index (χ4n) is 2.15. The van der Waals surface area contributed by atoms with E-state index in [1.165, 1.54) is 0 Å². The molecule has 3 nitrogen and oxygen atoms in total. The molecule has 2 N–H and O–H groups in total. The minimum atomic E-state index is 0.251. The summed E-state index contributed by atoms with van der Waals surface area (Å²) in [7, 11) is 0. The van der Waals surface area contributed by atoms with E-state index in [-0.39, 0.29) is 12.6 Å². The van der Waals surface area contributed by atoms with Gasteiger partial charge in [-0.1, -0.05) is 13.8 Å². The lowest BCUT2D eigenvalue weighted by Gasteiger charge is -2.36. The smallest absolute Gasteiger partial charge is 0.0599 e. The molecule has 1 aliphatic heterocycles. The highest BCUT2D eigenvalue weighted by atomic mass is 16.3. The largest absolute Gasteiger partial charge is 0.395 e. The van der Waals surface area contributed by atoms with Gasteiger partial charge in [0.1, 0.15) is 0 Å². The maximum Gasteiger partial charge on any atom is 0.0599 e. The van der Waals surface area contributed by atoms with Gasteiger partial charge in [0.2, 0.25) is 0 Å². The molecule has 0 spiro atoms. The molecule has 1 heterocycles.